The molecule has 0 bridgehead atoms. The first-order valence-electron chi connectivity index (χ1n) is 14.1. The summed E-state index contributed by atoms with van der Waals surface area (Å²) in [6, 6.07) is 48.8. The summed E-state index contributed by atoms with van der Waals surface area (Å²) in [7, 11) is 0. The molecule has 0 saturated heterocycles. The topological polar surface area (TPSA) is 38.7 Å². The lowest BCUT2D eigenvalue weighted by molar-refractivity contribution is 1.19. The highest BCUT2D eigenvalue weighted by atomic mass is 14.9. The second-order valence-electron chi connectivity index (χ2n) is 10.5. The molecule has 0 amide bonds. The molecular weight excluding hydrogens is 510 g/mol. The van der Waals surface area contributed by atoms with E-state index in [1.165, 1.54) is 32.3 Å². The molecule has 2 heterocycles. The fourth-order valence-corrected chi connectivity index (χ4v) is 6.01. The van der Waals surface area contributed by atoms with Gasteiger partial charge in [-0.1, -0.05) is 121 Å². The van der Waals surface area contributed by atoms with E-state index in [1.807, 2.05) is 30.5 Å². The fraction of sp³-hybridized carbons (Fsp3) is 0. The van der Waals surface area contributed by atoms with Gasteiger partial charge in [0.25, 0.3) is 0 Å². The summed E-state index contributed by atoms with van der Waals surface area (Å²) in [5.74, 6) is 0.700. The van der Waals surface area contributed by atoms with Crippen molar-refractivity contribution in [3.8, 4) is 45.0 Å². The molecule has 0 unspecified atom stereocenters. The van der Waals surface area contributed by atoms with Gasteiger partial charge in [-0.05, 0) is 56.1 Å². The zero-order chi connectivity index (χ0) is 27.9. The van der Waals surface area contributed by atoms with Gasteiger partial charge in [0.2, 0.25) is 0 Å². The molecular formula is C39H25N3. The van der Waals surface area contributed by atoms with Crippen LogP contribution in [-0.4, -0.2) is 15.0 Å². The van der Waals surface area contributed by atoms with Gasteiger partial charge in [0, 0.05) is 34.6 Å². The van der Waals surface area contributed by atoms with E-state index in [9.17, 15) is 0 Å². The van der Waals surface area contributed by atoms with Crippen molar-refractivity contribution in [2.24, 2.45) is 0 Å². The van der Waals surface area contributed by atoms with Crippen LogP contribution in [0.1, 0.15) is 0 Å². The van der Waals surface area contributed by atoms with Crippen LogP contribution >= 0.6 is 0 Å². The first-order chi connectivity index (χ1) is 20.8. The summed E-state index contributed by atoms with van der Waals surface area (Å²) in [6.45, 7) is 0. The van der Waals surface area contributed by atoms with Crippen molar-refractivity contribution in [2.45, 2.75) is 0 Å². The summed E-state index contributed by atoms with van der Waals surface area (Å²) in [5.41, 5.74) is 7.06. The molecule has 0 fully saturated rings. The lowest BCUT2D eigenvalue weighted by atomic mass is 9.91. The number of benzene rings is 6. The molecule has 0 aliphatic heterocycles. The number of rotatable bonds is 4. The SMILES string of the molecule is c1ccc(-c2nc(-c3ccccc3-c3cccnc3)cc(-c3c4ccccc4cc4c3ccc3ccccc34)n2)cc1. The third-order valence-electron chi connectivity index (χ3n) is 7.96. The van der Waals surface area contributed by atoms with Crippen molar-refractivity contribution in [2.75, 3.05) is 0 Å². The number of nitrogens with zero attached hydrogens (tertiary/aromatic N) is 3. The maximum Gasteiger partial charge on any atom is 0.160 e. The minimum atomic E-state index is 0.700. The Morgan fingerprint density at radius 1 is 0.405 bits per heavy atom. The van der Waals surface area contributed by atoms with Crippen molar-refractivity contribution in [1.82, 2.24) is 15.0 Å². The summed E-state index contributed by atoms with van der Waals surface area (Å²) in [6.07, 6.45) is 3.71. The Kier molecular flexibility index (Phi) is 5.79. The van der Waals surface area contributed by atoms with Crippen LogP contribution < -0.4 is 0 Å². The molecule has 2 aromatic heterocycles. The number of hydrogen-bond donors (Lipinski definition) is 0. The van der Waals surface area contributed by atoms with Gasteiger partial charge < -0.3 is 0 Å². The molecule has 0 atom stereocenters. The highest BCUT2D eigenvalue weighted by Crippen LogP contribution is 2.41. The van der Waals surface area contributed by atoms with Crippen LogP contribution in [0.2, 0.25) is 0 Å². The van der Waals surface area contributed by atoms with Crippen LogP contribution in [0.3, 0.4) is 0 Å². The van der Waals surface area contributed by atoms with Crippen molar-refractivity contribution >= 4 is 32.3 Å². The third-order valence-corrected chi connectivity index (χ3v) is 7.96. The number of hydrogen-bond acceptors (Lipinski definition) is 3. The normalized spacial score (nSPS) is 11.3. The average molecular weight is 536 g/mol. The molecule has 6 aromatic carbocycles. The summed E-state index contributed by atoms with van der Waals surface area (Å²) < 4.78 is 0. The summed E-state index contributed by atoms with van der Waals surface area (Å²) in [4.78, 5) is 14.8. The fourth-order valence-electron chi connectivity index (χ4n) is 6.01. The predicted molar refractivity (Wildman–Crippen MR) is 174 cm³/mol. The Hall–Kier alpha value is -5.67. The van der Waals surface area contributed by atoms with Gasteiger partial charge in [-0.2, -0.15) is 0 Å². The van der Waals surface area contributed by atoms with E-state index < -0.39 is 0 Å². The zero-order valence-corrected chi connectivity index (χ0v) is 22.8. The zero-order valence-electron chi connectivity index (χ0n) is 22.8. The van der Waals surface area contributed by atoms with Crippen molar-refractivity contribution < 1.29 is 0 Å². The largest absolute Gasteiger partial charge is 0.264 e. The monoisotopic (exact) mass is 535 g/mol. The molecule has 3 heteroatoms. The molecule has 0 aliphatic rings. The Morgan fingerprint density at radius 2 is 1.10 bits per heavy atom. The number of pyridine rings is 1. The quantitative estimate of drug-likeness (QED) is 0.166. The van der Waals surface area contributed by atoms with Gasteiger partial charge in [0.15, 0.2) is 5.82 Å². The first kappa shape index (κ1) is 24.2. The minimum absolute atomic E-state index is 0.700. The molecule has 0 N–H and O–H groups in total. The molecule has 8 rings (SSSR count). The van der Waals surface area contributed by atoms with Crippen LogP contribution in [0.25, 0.3) is 77.3 Å². The molecule has 196 valence electrons. The Labute approximate surface area is 243 Å². The van der Waals surface area contributed by atoms with Gasteiger partial charge in [-0.25, -0.2) is 9.97 Å². The van der Waals surface area contributed by atoms with Crippen LogP contribution in [0.4, 0.5) is 0 Å². The predicted octanol–water partition coefficient (Wildman–Crippen LogP) is 10.00. The standard InChI is InChI=1S/C39H25N3/c1-2-12-27(13-3-1)39-41-36(33-19-9-8-17-31(33)29-15-10-22-40-25-29)24-37(42-39)38-32-18-7-5-14-28(32)23-35-30-16-6-4-11-26(30)20-21-34(35)38/h1-25H. The molecule has 3 nitrogen and oxygen atoms in total. The number of fused-ring (bicyclic) bond motifs is 4. The van der Waals surface area contributed by atoms with E-state index in [2.05, 4.69) is 120 Å². The molecule has 0 saturated carbocycles. The van der Waals surface area contributed by atoms with Crippen molar-refractivity contribution in [1.29, 1.82) is 0 Å². The molecule has 42 heavy (non-hydrogen) atoms. The van der Waals surface area contributed by atoms with Crippen LogP contribution in [-0.2, 0) is 0 Å². The molecule has 0 spiro atoms. The third kappa shape index (κ3) is 4.11. The van der Waals surface area contributed by atoms with Crippen LogP contribution in [0, 0.1) is 0 Å². The van der Waals surface area contributed by atoms with Gasteiger partial charge in [-0.3, -0.25) is 4.98 Å². The van der Waals surface area contributed by atoms with E-state index >= 15 is 0 Å². The summed E-state index contributed by atoms with van der Waals surface area (Å²) >= 11 is 0. The maximum absolute atomic E-state index is 5.26. The van der Waals surface area contributed by atoms with E-state index in [-0.39, 0.29) is 0 Å². The lowest BCUT2D eigenvalue weighted by Gasteiger charge is -2.16. The first-order valence-corrected chi connectivity index (χ1v) is 14.1. The van der Waals surface area contributed by atoms with Crippen LogP contribution in [0.15, 0.2) is 152 Å². The highest BCUT2D eigenvalue weighted by molar-refractivity contribution is 6.19. The molecule has 0 aliphatic carbocycles. The van der Waals surface area contributed by atoms with E-state index in [0.717, 1.165) is 39.2 Å². The van der Waals surface area contributed by atoms with Gasteiger partial charge in [-0.15, -0.1) is 0 Å². The lowest BCUT2D eigenvalue weighted by Crippen LogP contribution is -1.98. The van der Waals surface area contributed by atoms with Crippen LogP contribution in [0.5, 0.6) is 0 Å². The Balaban J connectivity index is 1.48. The molecule has 8 aromatic rings. The maximum atomic E-state index is 5.26. The second-order valence-corrected chi connectivity index (χ2v) is 10.5. The van der Waals surface area contributed by atoms with Gasteiger partial charge in [0.1, 0.15) is 0 Å². The average Bonchev–Trinajstić information content (AvgIpc) is 3.07. The summed E-state index contributed by atoms with van der Waals surface area (Å²) in [5, 5.41) is 7.22. The van der Waals surface area contributed by atoms with E-state index in [4.69, 9.17) is 9.97 Å². The molecule has 0 radical (unpaired) electrons. The second kappa shape index (κ2) is 10.1. The minimum Gasteiger partial charge on any atom is -0.264 e. The smallest absolute Gasteiger partial charge is 0.160 e. The Morgan fingerprint density at radius 3 is 1.93 bits per heavy atom. The van der Waals surface area contributed by atoms with Crippen molar-refractivity contribution in [3.05, 3.63) is 152 Å². The van der Waals surface area contributed by atoms with Gasteiger partial charge in [0.05, 0.1) is 11.4 Å². The highest BCUT2D eigenvalue weighted by Gasteiger charge is 2.18. The van der Waals surface area contributed by atoms with E-state index in [0.29, 0.717) is 5.82 Å². The Bertz CT molecular complexity index is 2240. The van der Waals surface area contributed by atoms with E-state index in [1.54, 1.807) is 6.20 Å². The number of aromatic nitrogens is 3. The van der Waals surface area contributed by atoms with Crippen molar-refractivity contribution in [3.63, 3.8) is 0 Å². The van der Waals surface area contributed by atoms with Gasteiger partial charge >= 0.3 is 0 Å².